The predicted octanol–water partition coefficient (Wildman–Crippen LogP) is 2.92. The van der Waals surface area contributed by atoms with Crippen LogP contribution >= 0.6 is 0 Å². The fourth-order valence-corrected chi connectivity index (χ4v) is 4.28. The summed E-state index contributed by atoms with van der Waals surface area (Å²) in [5.74, 6) is -1.97. The van der Waals surface area contributed by atoms with Crippen molar-refractivity contribution >= 4 is 17.6 Å². The zero-order chi connectivity index (χ0) is 21.0. The van der Waals surface area contributed by atoms with E-state index in [-0.39, 0.29) is 24.5 Å². The Labute approximate surface area is 170 Å². The number of nitriles is 1. The number of rotatable bonds is 3. The summed E-state index contributed by atoms with van der Waals surface area (Å²) in [6.45, 7) is -0.260. The van der Waals surface area contributed by atoms with E-state index in [2.05, 4.69) is 16.7 Å². The Morgan fingerprint density at radius 2 is 2.13 bits per heavy atom. The third-order valence-corrected chi connectivity index (χ3v) is 5.82. The van der Waals surface area contributed by atoms with E-state index in [1.165, 1.54) is 4.90 Å². The molecular weight excluding hydrogens is 394 g/mol. The van der Waals surface area contributed by atoms with Gasteiger partial charge in [0.2, 0.25) is 5.91 Å². The van der Waals surface area contributed by atoms with E-state index in [1.807, 2.05) is 0 Å². The number of hydrogen-bond acceptors (Lipinski definition) is 4. The fraction of sp³-hybridized carbons (Fsp3) is 0.286. The van der Waals surface area contributed by atoms with Crippen LogP contribution in [0.15, 0.2) is 30.3 Å². The minimum atomic E-state index is -0.792. The van der Waals surface area contributed by atoms with Crippen molar-refractivity contribution in [1.29, 1.82) is 5.26 Å². The zero-order valence-electron chi connectivity index (χ0n) is 15.7. The molecule has 1 saturated carbocycles. The molecule has 1 atom stereocenters. The SMILES string of the molecule is N#Cc1ccc2c(c1)C1(CC1)N(CC(=O)N[C@@H]1COc3cc(F)cc(F)c31)C(=O)N2. The number of urea groups is 1. The van der Waals surface area contributed by atoms with Gasteiger partial charge in [0, 0.05) is 23.4 Å². The molecule has 3 aliphatic rings. The first-order valence-electron chi connectivity index (χ1n) is 9.46. The molecule has 152 valence electrons. The molecule has 2 N–H and O–H groups in total. The standard InChI is InChI=1S/C21H16F2N4O3/c22-12-6-14(23)19-16(10-30-17(19)7-12)25-18(28)9-27-20(29)26-15-2-1-11(8-24)5-13(15)21(27)3-4-21/h1-2,5-7,16H,3-4,9-10H2,(H,25,28)(H,26,29)/t16-/m1/s1. The quantitative estimate of drug-likeness (QED) is 0.814. The van der Waals surface area contributed by atoms with Gasteiger partial charge in [0.1, 0.15) is 30.5 Å². The Balaban J connectivity index is 1.36. The minimum absolute atomic E-state index is 0.0207. The maximum Gasteiger partial charge on any atom is 0.323 e. The van der Waals surface area contributed by atoms with Crippen molar-refractivity contribution < 1.29 is 23.1 Å². The van der Waals surface area contributed by atoms with Gasteiger partial charge in [-0.3, -0.25) is 4.79 Å². The molecule has 0 unspecified atom stereocenters. The largest absolute Gasteiger partial charge is 0.490 e. The van der Waals surface area contributed by atoms with Gasteiger partial charge >= 0.3 is 6.03 Å². The topological polar surface area (TPSA) is 94.5 Å². The highest BCUT2D eigenvalue weighted by Crippen LogP contribution is 2.55. The zero-order valence-corrected chi connectivity index (χ0v) is 15.7. The van der Waals surface area contributed by atoms with E-state index >= 15 is 0 Å². The second kappa shape index (κ2) is 6.42. The van der Waals surface area contributed by atoms with Gasteiger partial charge in [-0.15, -0.1) is 0 Å². The van der Waals surface area contributed by atoms with Crippen LogP contribution in [0.5, 0.6) is 5.75 Å². The van der Waals surface area contributed by atoms with Crippen molar-refractivity contribution in [3.05, 3.63) is 58.7 Å². The number of hydrogen-bond donors (Lipinski definition) is 2. The Morgan fingerprint density at radius 3 is 2.87 bits per heavy atom. The van der Waals surface area contributed by atoms with Gasteiger partial charge < -0.3 is 20.3 Å². The molecule has 1 spiro atoms. The summed E-state index contributed by atoms with van der Waals surface area (Å²) < 4.78 is 32.8. The monoisotopic (exact) mass is 410 g/mol. The lowest BCUT2D eigenvalue weighted by Gasteiger charge is -2.37. The summed E-state index contributed by atoms with van der Waals surface area (Å²) in [5.41, 5.74) is 1.39. The molecule has 1 fully saturated rings. The summed E-state index contributed by atoms with van der Waals surface area (Å²) in [4.78, 5) is 26.8. The molecule has 2 aromatic carbocycles. The average Bonchev–Trinajstić information content (AvgIpc) is 3.40. The second-order valence-corrected chi connectivity index (χ2v) is 7.65. The molecule has 0 bridgehead atoms. The highest BCUT2D eigenvalue weighted by Gasteiger charge is 2.55. The van der Waals surface area contributed by atoms with Crippen LogP contribution in [0.25, 0.3) is 0 Å². The maximum absolute atomic E-state index is 14.2. The number of halogens is 2. The number of nitrogens with one attached hydrogen (secondary N) is 2. The van der Waals surface area contributed by atoms with Crippen molar-refractivity contribution in [3.8, 4) is 11.8 Å². The smallest absolute Gasteiger partial charge is 0.323 e. The van der Waals surface area contributed by atoms with E-state index in [0.29, 0.717) is 24.1 Å². The maximum atomic E-state index is 14.2. The summed E-state index contributed by atoms with van der Waals surface area (Å²) in [6, 6.07) is 7.79. The van der Waals surface area contributed by atoms with Crippen molar-refractivity contribution in [2.24, 2.45) is 0 Å². The van der Waals surface area contributed by atoms with Crippen molar-refractivity contribution in [1.82, 2.24) is 10.2 Å². The second-order valence-electron chi connectivity index (χ2n) is 7.65. The van der Waals surface area contributed by atoms with Crippen molar-refractivity contribution in [2.45, 2.75) is 24.4 Å². The van der Waals surface area contributed by atoms with Crippen LogP contribution in [-0.2, 0) is 10.3 Å². The van der Waals surface area contributed by atoms with Crippen molar-refractivity contribution in [2.75, 3.05) is 18.5 Å². The highest BCUT2D eigenvalue weighted by molar-refractivity contribution is 5.97. The van der Waals surface area contributed by atoms with E-state index in [4.69, 9.17) is 4.74 Å². The number of nitrogens with zero attached hydrogens (tertiary/aromatic N) is 2. The van der Waals surface area contributed by atoms with E-state index in [1.54, 1.807) is 18.2 Å². The van der Waals surface area contributed by atoms with Gasteiger partial charge in [-0.1, -0.05) is 0 Å². The van der Waals surface area contributed by atoms with E-state index in [0.717, 1.165) is 17.7 Å². The Kier molecular flexibility index (Phi) is 3.93. The number of fused-ring (bicyclic) bond motifs is 3. The Bertz CT molecular complexity index is 1140. The van der Waals surface area contributed by atoms with Crippen molar-refractivity contribution in [3.63, 3.8) is 0 Å². The van der Waals surface area contributed by atoms with Crippen LogP contribution in [0.4, 0.5) is 19.3 Å². The number of anilines is 1. The molecule has 0 radical (unpaired) electrons. The van der Waals surface area contributed by atoms with Crippen LogP contribution in [-0.4, -0.2) is 30.0 Å². The number of carbonyl (C=O) groups is 2. The molecular formula is C21H16F2N4O3. The van der Waals surface area contributed by atoms with Gasteiger partial charge in [-0.05, 0) is 31.0 Å². The van der Waals surface area contributed by atoms with Gasteiger partial charge in [0.15, 0.2) is 0 Å². The van der Waals surface area contributed by atoms with Crippen LogP contribution in [0.2, 0.25) is 0 Å². The summed E-state index contributed by atoms with van der Waals surface area (Å²) in [6.07, 6.45) is 1.36. The lowest BCUT2D eigenvalue weighted by molar-refractivity contribution is -0.123. The first-order valence-corrected chi connectivity index (χ1v) is 9.46. The van der Waals surface area contributed by atoms with Gasteiger partial charge in [0.05, 0.1) is 28.8 Å². The van der Waals surface area contributed by atoms with E-state index < -0.39 is 35.2 Å². The molecule has 7 nitrogen and oxygen atoms in total. The molecule has 2 aliphatic heterocycles. The van der Waals surface area contributed by atoms with Gasteiger partial charge in [-0.25, -0.2) is 13.6 Å². The predicted molar refractivity (Wildman–Crippen MR) is 101 cm³/mol. The van der Waals surface area contributed by atoms with E-state index in [9.17, 15) is 23.6 Å². The van der Waals surface area contributed by atoms with Gasteiger partial charge in [0.25, 0.3) is 0 Å². The lowest BCUT2D eigenvalue weighted by Crippen LogP contribution is -2.51. The third-order valence-electron chi connectivity index (χ3n) is 5.82. The summed E-state index contributed by atoms with van der Waals surface area (Å²) >= 11 is 0. The molecule has 30 heavy (non-hydrogen) atoms. The highest BCUT2D eigenvalue weighted by atomic mass is 19.1. The molecule has 0 saturated heterocycles. The Morgan fingerprint density at radius 1 is 1.33 bits per heavy atom. The summed E-state index contributed by atoms with van der Waals surface area (Å²) in [5, 5.41) is 14.6. The number of amides is 3. The van der Waals surface area contributed by atoms with Crippen LogP contribution < -0.4 is 15.4 Å². The average molecular weight is 410 g/mol. The molecule has 1 aliphatic carbocycles. The molecule has 2 aromatic rings. The normalized spacial score (nSPS) is 20.0. The number of carbonyl (C=O) groups excluding carboxylic acids is 2. The summed E-state index contributed by atoms with van der Waals surface area (Å²) in [7, 11) is 0. The fourth-order valence-electron chi connectivity index (χ4n) is 4.28. The van der Waals surface area contributed by atoms with Crippen LogP contribution in [0.3, 0.4) is 0 Å². The lowest BCUT2D eigenvalue weighted by atomic mass is 9.96. The molecule has 5 rings (SSSR count). The third kappa shape index (κ3) is 2.76. The molecule has 9 heteroatoms. The minimum Gasteiger partial charge on any atom is -0.490 e. The van der Waals surface area contributed by atoms with Gasteiger partial charge in [-0.2, -0.15) is 5.26 Å². The number of ether oxygens (including phenoxy) is 1. The molecule has 0 aromatic heterocycles. The Hall–Kier alpha value is -3.67. The molecule has 3 amide bonds. The number of benzene rings is 2. The molecule has 2 heterocycles. The van der Waals surface area contributed by atoms with Crippen LogP contribution in [0.1, 0.15) is 35.6 Å². The van der Waals surface area contributed by atoms with Crippen LogP contribution in [0, 0.1) is 23.0 Å². The first kappa shape index (κ1) is 18.4. The first-order chi connectivity index (χ1) is 14.4.